The van der Waals surface area contributed by atoms with Gasteiger partial charge < -0.3 is 10.5 Å². The van der Waals surface area contributed by atoms with Gasteiger partial charge in [-0.15, -0.1) is 0 Å². The molecular weight excluding hydrogens is 224 g/mol. The zero-order valence-electron chi connectivity index (χ0n) is 10.2. The summed E-state index contributed by atoms with van der Waals surface area (Å²) in [6, 6.07) is 14.9. The predicted molar refractivity (Wildman–Crippen MR) is 71.5 cm³/mol. The van der Waals surface area contributed by atoms with Gasteiger partial charge in [0, 0.05) is 6.07 Å². The standard InChI is InChI=1S/C15H14N2O/c1-2-11-3-6-13(7-4-11)18-15-9-12(10-16)5-8-14(15)17/h3-9H,2,17H2,1H3. The third kappa shape index (κ3) is 2.61. The Morgan fingerprint density at radius 3 is 2.50 bits per heavy atom. The summed E-state index contributed by atoms with van der Waals surface area (Å²) in [5, 5.41) is 8.84. The first-order chi connectivity index (χ1) is 8.72. The van der Waals surface area contributed by atoms with Gasteiger partial charge in [0.05, 0.1) is 17.3 Å². The molecule has 2 N–H and O–H groups in total. The van der Waals surface area contributed by atoms with Crippen molar-refractivity contribution in [1.29, 1.82) is 5.26 Å². The lowest BCUT2D eigenvalue weighted by atomic mass is 10.1. The number of hydrogen-bond donors (Lipinski definition) is 1. The van der Waals surface area contributed by atoms with Gasteiger partial charge in [-0.3, -0.25) is 0 Å². The first-order valence-electron chi connectivity index (χ1n) is 5.79. The van der Waals surface area contributed by atoms with Crippen molar-refractivity contribution in [2.45, 2.75) is 13.3 Å². The van der Waals surface area contributed by atoms with Gasteiger partial charge in [0.2, 0.25) is 0 Å². The number of benzene rings is 2. The van der Waals surface area contributed by atoms with Crippen molar-refractivity contribution < 1.29 is 4.74 Å². The Labute approximate surface area is 106 Å². The number of hydrogen-bond acceptors (Lipinski definition) is 3. The van der Waals surface area contributed by atoms with E-state index in [0.717, 1.165) is 6.42 Å². The summed E-state index contributed by atoms with van der Waals surface area (Å²) in [5.74, 6) is 1.23. The summed E-state index contributed by atoms with van der Waals surface area (Å²) in [4.78, 5) is 0. The van der Waals surface area contributed by atoms with Crippen LogP contribution in [0.1, 0.15) is 18.1 Å². The number of rotatable bonds is 3. The van der Waals surface area contributed by atoms with Crippen LogP contribution < -0.4 is 10.5 Å². The molecule has 3 nitrogen and oxygen atoms in total. The highest BCUT2D eigenvalue weighted by Gasteiger charge is 2.04. The van der Waals surface area contributed by atoms with E-state index in [4.69, 9.17) is 15.7 Å². The zero-order chi connectivity index (χ0) is 13.0. The molecule has 0 spiro atoms. The molecule has 2 aromatic carbocycles. The lowest BCUT2D eigenvalue weighted by Gasteiger charge is -2.09. The van der Waals surface area contributed by atoms with E-state index in [-0.39, 0.29) is 0 Å². The van der Waals surface area contributed by atoms with Crippen molar-refractivity contribution >= 4 is 5.69 Å². The number of nitriles is 1. The summed E-state index contributed by atoms with van der Waals surface area (Å²) in [6.07, 6.45) is 0.992. The molecule has 0 aliphatic rings. The molecule has 0 aromatic heterocycles. The average molecular weight is 238 g/mol. The van der Waals surface area contributed by atoms with Crippen LogP contribution in [0.25, 0.3) is 0 Å². The number of ether oxygens (including phenoxy) is 1. The molecule has 0 atom stereocenters. The summed E-state index contributed by atoms with van der Waals surface area (Å²) in [5.41, 5.74) is 8.12. The maximum absolute atomic E-state index is 8.84. The molecule has 2 rings (SSSR count). The highest BCUT2D eigenvalue weighted by atomic mass is 16.5. The van der Waals surface area contributed by atoms with E-state index in [9.17, 15) is 0 Å². The predicted octanol–water partition coefficient (Wildman–Crippen LogP) is 3.50. The molecule has 0 bridgehead atoms. The quantitative estimate of drug-likeness (QED) is 0.832. The second-order valence-corrected chi connectivity index (χ2v) is 3.96. The molecule has 0 aliphatic heterocycles. The van der Waals surface area contributed by atoms with Crippen molar-refractivity contribution in [1.82, 2.24) is 0 Å². The first kappa shape index (κ1) is 12.0. The van der Waals surface area contributed by atoms with Gasteiger partial charge in [-0.05, 0) is 36.2 Å². The molecule has 3 heteroatoms. The smallest absolute Gasteiger partial charge is 0.151 e. The van der Waals surface area contributed by atoms with Crippen molar-refractivity contribution in [3.05, 3.63) is 53.6 Å². The van der Waals surface area contributed by atoms with Crippen LogP contribution in [0.15, 0.2) is 42.5 Å². The molecule has 0 heterocycles. The van der Waals surface area contributed by atoms with E-state index in [1.54, 1.807) is 18.2 Å². The van der Waals surface area contributed by atoms with E-state index < -0.39 is 0 Å². The molecule has 0 radical (unpaired) electrons. The van der Waals surface area contributed by atoms with Crippen LogP contribution >= 0.6 is 0 Å². The normalized spacial score (nSPS) is 9.78. The largest absolute Gasteiger partial charge is 0.455 e. The maximum atomic E-state index is 8.84. The van der Waals surface area contributed by atoms with Crippen LogP contribution in [0.3, 0.4) is 0 Å². The number of nitrogen functional groups attached to an aromatic ring is 1. The molecule has 0 aliphatic carbocycles. The minimum atomic E-state index is 0.512. The fraction of sp³-hybridized carbons (Fsp3) is 0.133. The fourth-order valence-corrected chi connectivity index (χ4v) is 1.61. The Bertz CT molecular complexity index is 582. The van der Waals surface area contributed by atoms with E-state index in [0.29, 0.717) is 22.7 Å². The summed E-state index contributed by atoms with van der Waals surface area (Å²) >= 11 is 0. The Hall–Kier alpha value is -2.47. The van der Waals surface area contributed by atoms with Crippen molar-refractivity contribution in [2.75, 3.05) is 5.73 Å². The highest BCUT2D eigenvalue weighted by Crippen LogP contribution is 2.28. The number of aryl methyl sites for hydroxylation is 1. The van der Waals surface area contributed by atoms with E-state index in [2.05, 4.69) is 13.0 Å². The molecule has 0 fully saturated rings. The van der Waals surface area contributed by atoms with E-state index >= 15 is 0 Å². The summed E-state index contributed by atoms with van der Waals surface area (Å²) in [7, 11) is 0. The molecule has 0 unspecified atom stereocenters. The van der Waals surface area contributed by atoms with Gasteiger partial charge >= 0.3 is 0 Å². The van der Waals surface area contributed by atoms with Gasteiger partial charge in [0.25, 0.3) is 0 Å². The molecule has 18 heavy (non-hydrogen) atoms. The number of nitrogens with two attached hydrogens (primary N) is 1. The third-order valence-electron chi connectivity index (χ3n) is 2.70. The van der Waals surface area contributed by atoms with Crippen LogP contribution in [-0.2, 0) is 6.42 Å². The third-order valence-corrected chi connectivity index (χ3v) is 2.70. The van der Waals surface area contributed by atoms with Gasteiger partial charge in [-0.1, -0.05) is 19.1 Å². The topological polar surface area (TPSA) is 59.0 Å². The van der Waals surface area contributed by atoms with E-state index in [1.165, 1.54) is 5.56 Å². The van der Waals surface area contributed by atoms with E-state index in [1.807, 2.05) is 24.3 Å². The Balaban J connectivity index is 2.25. The van der Waals surface area contributed by atoms with Gasteiger partial charge in [0.15, 0.2) is 5.75 Å². The fourth-order valence-electron chi connectivity index (χ4n) is 1.61. The summed E-state index contributed by atoms with van der Waals surface area (Å²) in [6.45, 7) is 2.10. The molecule has 0 saturated carbocycles. The van der Waals surface area contributed by atoms with Crippen LogP contribution in [0, 0.1) is 11.3 Å². The molecule has 2 aromatic rings. The van der Waals surface area contributed by atoms with Crippen LogP contribution in [0.2, 0.25) is 0 Å². The lowest BCUT2D eigenvalue weighted by Crippen LogP contribution is -1.93. The van der Waals surface area contributed by atoms with Crippen molar-refractivity contribution in [3.63, 3.8) is 0 Å². The Morgan fingerprint density at radius 2 is 1.89 bits per heavy atom. The van der Waals surface area contributed by atoms with Crippen LogP contribution in [0.4, 0.5) is 5.69 Å². The summed E-state index contributed by atoms with van der Waals surface area (Å²) < 4.78 is 5.68. The zero-order valence-corrected chi connectivity index (χ0v) is 10.2. The average Bonchev–Trinajstić information content (AvgIpc) is 2.42. The second kappa shape index (κ2) is 5.24. The van der Waals surface area contributed by atoms with Crippen LogP contribution in [-0.4, -0.2) is 0 Å². The van der Waals surface area contributed by atoms with Gasteiger partial charge in [0.1, 0.15) is 5.75 Å². The van der Waals surface area contributed by atoms with Crippen LogP contribution in [0.5, 0.6) is 11.5 Å². The van der Waals surface area contributed by atoms with Gasteiger partial charge in [-0.2, -0.15) is 5.26 Å². The SMILES string of the molecule is CCc1ccc(Oc2cc(C#N)ccc2N)cc1. The van der Waals surface area contributed by atoms with Crippen molar-refractivity contribution in [2.24, 2.45) is 0 Å². The molecule has 0 saturated heterocycles. The number of anilines is 1. The lowest BCUT2D eigenvalue weighted by molar-refractivity contribution is 0.484. The highest BCUT2D eigenvalue weighted by molar-refractivity contribution is 5.57. The monoisotopic (exact) mass is 238 g/mol. The first-order valence-corrected chi connectivity index (χ1v) is 5.79. The minimum Gasteiger partial charge on any atom is -0.455 e. The Morgan fingerprint density at radius 1 is 1.17 bits per heavy atom. The van der Waals surface area contributed by atoms with Gasteiger partial charge in [-0.25, -0.2) is 0 Å². The molecule has 90 valence electrons. The maximum Gasteiger partial charge on any atom is 0.151 e. The number of nitrogens with zero attached hydrogens (tertiary/aromatic N) is 1. The molecule has 0 amide bonds. The molecular formula is C15H14N2O. The second-order valence-electron chi connectivity index (χ2n) is 3.96. The minimum absolute atomic E-state index is 0.512. The van der Waals surface area contributed by atoms with Crippen molar-refractivity contribution in [3.8, 4) is 17.6 Å². The Kier molecular flexibility index (Phi) is 3.49.